The summed E-state index contributed by atoms with van der Waals surface area (Å²) in [6.07, 6.45) is 1.31. The highest BCUT2D eigenvalue weighted by Crippen LogP contribution is 2.34. The first-order chi connectivity index (χ1) is 11.1. The number of hydrogen-bond donors (Lipinski definition) is 0. The highest BCUT2D eigenvalue weighted by molar-refractivity contribution is 7.99. The van der Waals surface area contributed by atoms with Crippen molar-refractivity contribution in [2.75, 3.05) is 10.7 Å². The Hall–Kier alpha value is -1.59. The van der Waals surface area contributed by atoms with E-state index in [-0.39, 0.29) is 12.3 Å². The summed E-state index contributed by atoms with van der Waals surface area (Å²) in [6, 6.07) is 8.17. The lowest BCUT2D eigenvalue weighted by molar-refractivity contribution is -0.117. The van der Waals surface area contributed by atoms with Crippen LogP contribution in [0.5, 0.6) is 0 Å². The third kappa shape index (κ3) is 3.51. The number of amides is 1. The van der Waals surface area contributed by atoms with Crippen molar-refractivity contribution in [3.05, 3.63) is 46.1 Å². The second kappa shape index (κ2) is 6.89. The van der Waals surface area contributed by atoms with Gasteiger partial charge in [-0.1, -0.05) is 60.1 Å². The van der Waals surface area contributed by atoms with Gasteiger partial charge < -0.3 is 0 Å². The molecule has 0 radical (unpaired) electrons. The summed E-state index contributed by atoms with van der Waals surface area (Å²) in [4.78, 5) is 23.0. The summed E-state index contributed by atoms with van der Waals surface area (Å²) < 4.78 is 0. The molecule has 2 aromatic rings. The maximum atomic E-state index is 12.4. The molecule has 0 saturated carbocycles. The van der Waals surface area contributed by atoms with Crippen LogP contribution in [0.3, 0.4) is 0 Å². The molecule has 0 unspecified atom stereocenters. The van der Waals surface area contributed by atoms with E-state index in [0.29, 0.717) is 22.7 Å². The van der Waals surface area contributed by atoms with Gasteiger partial charge in [-0.05, 0) is 18.9 Å². The Morgan fingerprint density at radius 3 is 2.70 bits per heavy atom. The molecule has 1 aromatic heterocycles. The first-order valence-electron chi connectivity index (χ1n) is 7.63. The van der Waals surface area contributed by atoms with Crippen LogP contribution in [-0.2, 0) is 17.8 Å². The summed E-state index contributed by atoms with van der Waals surface area (Å²) in [7, 11) is 0. The van der Waals surface area contributed by atoms with Gasteiger partial charge >= 0.3 is 0 Å². The van der Waals surface area contributed by atoms with E-state index in [2.05, 4.69) is 16.9 Å². The lowest BCUT2D eigenvalue weighted by Gasteiger charge is -2.17. The van der Waals surface area contributed by atoms with Crippen LogP contribution in [-0.4, -0.2) is 21.6 Å². The number of benzene rings is 1. The Morgan fingerprint density at radius 1 is 1.26 bits per heavy atom. The number of anilines is 1. The first-order valence-corrected chi connectivity index (χ1v) is 9.00. The Morgan fingerprint density at radius 2 is 2.00 bits per heavy atom. The fraction of sp³-hybridized carbons (Fsp3) is 0.353. The SMILES string of the molecule is CCCSc1nc(Cl)c2c(n1)N(Cc1ccc(C)cc1)C(=O)C2. The van der Waals surface area contributed by atoms with Gasteiger partial charge in [-0.3, -0.25) is 9.69 Å². The molecule has 4 nitrogen and oxygen atoms in total. The number of nitrogens with zero attached hydrogens (tertiary/aromatic N) is 3. The molecule has 0 bridgehead atoms. The number of rotatable bonds is 5. The minimum atomic E-state index is 0.0226. The number of aromatic nitrogens is 2. The second-order valence-corrected chi connectivity index (χ2v) is 7.01. The van der Waals surface area contributed by atoms with Crippen LogP contribution in [0.1, 0.15) is 30.0 Å². The number of fused-ring (bicyclic) bond motifs is 1. The number of carbonyl (C=O) groups excluding carboxylic acids is 1. The summed E-state index contributed by atoms with van der Waals surface area (Å²) in [6.45, 7) is 4.66. The van der Waals surface area contributed by atoms with Gasteiger partial charge in [-0.15, -0.1) is 0 Å². The fourth-order valence-electron chi connectivity index (χ4n) is 2.46. The van der Waals surface area contributed by atoms with Gasteiger partial charge in [-0.25, -0.2) is 9.97 Å². The summed E-state index contributed by atoms with van der Waals surface area (Å²) in [5.74, 6) is 1.62. The number of aryl methyl sites for hydroxylation is 1. The second-order valence-electron chi connectivity index (χ2n) is 5.59. The van der Waals surface area contributed by atoms with Crippen LogP contribution in [0.25, 0.3) is 0 Å². The predicted molar refractivity (Wildman–Crippen MR) is 94.1 cm³/mol. The minimum Gasteiger partial charge on any atom is -0.292 e. The highest BCUT2D eigenvalue weighted by atomic mass is 35.5. The van der Waals surface area contributed by atoms with Crippen LogP contribution in [0.2, 0.25) is 5.15 Å². The van der Waals surface area contributed by atoms with E-state index in [1.54, 1.807) is 16.7 Å². The molecule has 1 aliphatic rings. The third-order valence-electron chi connectivity index (χ3n) is 3.70. The minimum absolute atomic E-state index is 0.0226. The predicted octanol–water partition coefficient (Wildman–Crippen LogP) is 4.03. The Kier molecular flexibility index (Phi) is 4.87. The average Bonchev–Trinajstić information content (AvgIpc) is 2.84. The van der Waals surface area contributed by atoms with E-state index in [9.17, 15) is 4.79 Å². The maximum absolute atomic E-state index is 12.4. The van der Waals surface area contributed by atoms with Gasteiger partial charge in [0.2, 0.25) is 5.91 Å². The molecular weight excluding hydrogens is 330 g/mol. The van der Waals surface area contributed by atoms with E-state index >= 15 is 0 Å². The summed E-state index contributed by atoms with van der Waals surface area (Å²) >= 11 is 7.83. The highest BCUT2D eigenvalue weighted by Gasteiger charge is 2.32. The fourth-order valence-corrected chi connectivity index (χ4v) is 3.44. The molecule has 0 aliphatic carbocycles. The van der Waals surface area contributed by atoms with Crippen LogP contribution in [0.4, 0.5) is 5.82 Å². The Labute approximate surface area is 145 Å². The molecule has 3 rings (SSSR count). The maximum Gasteiger partial charge on any atom is 0.233 e. The van der Waals surface area contributed by atoms with Crippen molar-refractivity contribution in [2.24, 2.45) is 0 Å². The molecule has 120 valence electrons. The van der Waals surface area contributed by atoms with Crippen molar-refractivity contribution in [2.45, 2.75) is 38.4 Å². The molecule has 1 amide bonds. The topological polar surface area (TPSA) is 46.1 Å². The molecule has 0 saturated heterocycles. The van der Waals surface area contributed by atoms with Crippen molar-refractivity contribution >= 4 is 35.1 Å². The molecule has 1 aromatic carbocycles. The molecule has 0 atom stereocenters. The van der Waals surface area contributed by atoms with Gasteiger partial charge in [0.1, 0.15) is 11.0 Å². The smallest absolute Gasteiger partial charge is 0.233 e. The van der Waals surface area contributed by atoms with Gasteiger partial charge in [0.15, 0.2) is 5.16 Å². The molecule has 0 spiro atoms. The zero-order valence-corrected chi connectivity index (χ0v) is 14.7. The molecule has 0 N–H and O–H groups in total. The monoisotopic (exact) mass is 347 g/mol. The van der Waals surface area contributed by atoms with E-state index in [1.807, 2.05) is 31.2 Å². The lowest BCUT2D eigenvalue weighted by Crippen LogP contribution is -2.26. The first kappa shape index (κ1) is 16.3. The van der Waals surface area contributed by atoms with Crippen LogP contribution in [0, 0.1) is 6.92 Å². The van der Waals surface area contributed by atoms with Crippen LogP contribution in [0.15, 0.2) is 29.4 Å². The summed E-state index contributed by atoms with van der Waals surface area (Å²) in [5.41, 5.74) is 3.02. The molecule has 0 fully saturated rings. The normalized spacial score (nSPS) is 13.5. The van der Waals surface area contributed by atoms with Crippen LogP contribution < -0.4 is 4.90 Å². The van der Waals surface area contributed by atoms with E-state index in [4.69, 9.17) is 11.6 Å². The van der Waals surface area contributed by atoms with Crippen molar-refractivity contribution in [1.29, 1.82) is 0 Å². The van der Waals surface area contributed by atoms with Crippen molar-refractivity contribution < 1.29 is 4.79 Å². The van der Waals surface area contributed by atoms with E-state index < -0.39 is 0 Å². The van der Waals surface area contributed by atoms with Crippen molar-refractivity contribution in [3.63, 3.8) is 0 Å². The standard InChI is InChI=1S/C17H18ClN3OS/c1-3-8-23-17-19-15(18)13-9-14(22)21(16(13)20-17)10-12-6-4-11(2)5-7-12/h4-7H,3,8-10H2,1-2H3. The zero-order chi connectivity index (χ0) is 16.4. The van der Waals surface area contributed by atoms with E-state index in [0.717, 1.165) is 23.3 Å². The quantitative estimate of drug-likeness (QED) is 0.465. The molecule has 6 heteroatoms. The number of hydrogen-bond acceptors (Lipinski definition) is 4. The van der Waals surface area contributed by atoms with E-state index in [1.165, 1.54) is 5.56 Å². The molecule has 1 aliphatic heterocycles. The molecule has 2 heterocycles. The van der Waals surface area contributed by atoms with Gasteiger partial charge in [-0.2, -0.15) is 0 Å². The van der Waals surface area contributed by atoms with Gasteiger partial charge in [0, 0.05) is 11.3 Å². The van der Waals surface area contributed by atoms with Gasteiger partial charge in [0.05, 0.1) is 13.0 Å². The number of halogens is 1. The zero-order valence-electron chi connectivity index (χ0n) is 13.2. The average molecular weight is 348 g/mol. The number of carbonyl (C=O) groups is 1. The van der Waals surface area contributed by atoms with Gasteiger partial charge in [0.25, 0.3) is 0 Å². The Bertz CT molecular complexity index is 733. The Balaban J connectivity index is 1.90. The number of thioether (sulfide) groups is 1. The van der Waals surface area contributed by atoms with Crippen molar-refractivity contribution in [1.82, 2.24) is 9.97 Å². The molecular formula is C17H18ClN3OS. The molecule has 23 heavy (non-hydrogen) atoms. The third-order valence-corrected chi connectivity index (χ3v) is 5.06. The van der Waals surface area contributed by atoms with Crippen LogP contribution >= 0.6 is 23.4 Å². The largest absolute Gasteiger partial charge is 0.292 e. The lowest BCUT2D eigenvalue weighted by atomic mass is 10.1. The van der Waals surface area contributed by atoms with Crippen molar-refractivity contribution in [3.8, 4) is 0 Å². The summed E-state index contributed by atoms with van der Waals surface area (Å²) in [5, 5.41) is 1.03.